The van der Waals surface area contributed by atoms with Crippen LogP contribution in [-0.4, -0.2) is 28.4 Å². The Morgan fingerprint density at radius 3 is 2.75 bits per heavy atom. The Morgan fingerprint density at radius 2 is 2.11 bits per heavy atom. The van der Waals surface area contributed by atoms with Gasteiger partial charge in [0, 0.05) is 11.6 Å². The molecule has 140 valence electrons. The van der Waals surface area contributed by atoms with Crippen LogP contribution >= 0.6 is 11.6 Å². The van der Waals surface area contributed by atoms with Crippen molar-refractivity contribution in [1.82, 2.24) is 9.97 Å². The highest BCUT2D eigenvalue weighted by molar-refractivity contribution is 6.33. The minimum atomic E-state index is -0.598. The lowest BCUT2D eigenvalue weighted by atomic mass is 10.1. The van der Waals surface area contributed by atoms with Gasteiger partial charge in [-0.2, -0.15) is 10.4 Å². The molecule has 1 aromatic heterocycles. The molecule has 0 aliphatic heterocycles. The van der Waals surface area contributed by atoms with Gasteiger partial charge in [-0.3, -0.25) is 9.78 Å². The van der Waals surface area contributed by atoms with E-state index in [0.29, 0.717) is 11.3 Å². The lowest BCUT2D eigenvalue weighted by molar-refractivity contribution is 0.407. The zero-order valence-corrected chi connectivity index (χ0v) is 15.4. The molecule has 1 heterocycles. The zero-order valence-electron chi connectivity index (χ0n) is 14.6. The second kappa shape index (κ2) is 8.24. The normalized spacial score (nSPS) is 10.6. The van der Waals surface area contributed by atoms with Crippen molar-refractivity contribution in [3.8, 4) is 28.8 Å². The van der Waals surface area contributed by atoms with Crippen molar-refractivity contribution >= 4 is 23.8 Å². The monoisotopic (exact) mass is 395 g/mol. The molecular formula is C19H14ClN5O3. The molecule has 3 rings (SSSR count). The summed E-state index contributed by atoms with van der Waals surface area (Å²) < 4.78 is 5.01. The van der Waals surface area contributed by atoms with Gasteiger partial charge in [0.1, 0.15) is 23.1 Å². The maximum atomic E-state index is 12.2. The first-order valence-electron chi connectivity index (χ1n) is 7.99. The van der Waals surface area contributed by atoms with E-state index in [1.165, 1.54) is 25.5 Å². The third-order valence-electron chi connectivity index (χ3n) is 3.76. The molecule has 0 bridgehead atoms. The molecule has 0 fully saturated rings. The third-order valence-corrected chi connectivity index (χ3v) is 4.07. The Morgan fingerprint density at radius 1 is 1.36 bits per heavy atom. The summed E-state index contributed by atoms with van der Waals surface area (Å²) in [4.78, 5) is 18.9. The number of hydrogen-bond acceptors (Lipinski definition) is 7. The standard InChI is InChI=1S/C19H14ClN5O3/c1-28-12-7-15(20)14(16(26)8-12)10-22-25-19-23-17(11-5-3-2-4-6-11)13(9-21)18(27)24-19/h2-8,10,26H,1H3,(H2,23,24,25,27). The Kier molecular flexibility index (Phi) is 5.58. The quantitative estimate of drug-likeness (QED) is 0.450. The molecule has 0 aliphatic carbocycles. The topological polar surface area (TPSA) is 123 Å². The molecule has 0 saturated heterocycles. The van der Waals surface area contributed by atoms with Gasteiger partial charge in [-0.1, -0.05) is 41.9 Å². The molecule has 0 atom stereocenters. The number of aromatic amines is 1. The summed E-state index contributed by atoms with van der Waals surface area (Å²) in [5.74, 6) is 0.308. The minimum Gasteiger partial charge on any atom is -0.507 e. The lowest BCUT2D eigenvalue weighted by Gasteiger charge is -2.07. The molecule has 8 nitrogen and oxygen atoms in total. The van der Waals surface area contributed by atoms with Crippen LogP contribution in [0.2, 0.25) is 5.02 Å². The lowest BCUT2D eigenvalue weighted by Crippen LogP contribution is -2.16. The number of nitrogens with zero attached hydrogens (tertiary/aromatic N) is 3. The maximum Gasteiger partial charge on any atom is 0.270 e. The second-order valence-corrected chi connectivity index (χ2v) is 5.94. The third kappa shape index (κ3) is 3.95. The fourth-order valence-corrected chi connectivity index (χ4v) is 2.67. The molecular weight excluding hydrogens is 382 g/mol. The van der Waals surface area contributed by atoms with Crippen molar-refractivity contribution in [1.29, 1.82) is 5.26 Å². The van der Waals surface area contributed by atoms with Crippen LogP contribution < -0.4 is 15.7 Å². The van der Waals surface area contributed by atoms with Gasteiger partial charge < -0.3 is 9.84 Å². The number of phenolic OH excluding ortho intramolecular Hbond substituents is 1. The number of benzene rings is 2. The molecule has 0 amide bonds. The van der Waals surface area contributed by atoms with Crippen molar-refractivity contribution in [3.63, 3.8) is 0 Å². The van der Waals surface area contributed by atoms with Crippen molar-refractivity contribution < 1.29 is 9.84 Å². The van der Waals surface area contributed by atoms with Crippen molar-refractivity contribution in [2.24, 2.45) is 5.10 Å². The molecule has 28 heavy (non-hydrogen) atoms. The number of hydrazone groups is 1. The van der Waals surface area contributed by atoms with Crippen LogP contribution in [0.3, 0.4) is 0 Å². The number of H-pyrrole nitrogens is 1. The van der Waals surface area contributed by atoms with Crippen LogP contribution in [0.4, 0.5) is 5.95 Å². The van der Waals surface area contributed by atoms with E-state index in [4.69, 9.17) is 16.3 Å². The van der Waals surface area contributed by atoms with Gasteiger partial charge in [-0.05, 0) is 6.07 Å². The number of phenols is 1. The maximum absolute atomic E-state index is 12.2. The highest BCUT2D eigenvalue weighted by Crippen LogP contribution is 2.30. The van der Waals surface area contributed by atoms with Gasteiger partial charge in [-0.15, -0.1) is 0 Å². The molecule has 0 spiro atoms. The van der Waals surface area contributed by atoms with E-state index in [2.05, 4.69) is 20.5 Å². The van der Waals surface area contributed by atoms with Crippen molar-refractivity contribution in [2.75, 3.05) is 12.5 Å². The molecule has 0 saturated carbocycles. The smallest absolute Gasteiger partial charge is 0.270 e. The van der Waals surface area contributed by atoms with Gasteiger partial charge in [-0.25, -0.2) is 10.4 Å². The summed E-state index contributed by atoms with van der Waals surface area (Å²) in [5, 5.41) is 23.5. The Labute approximate surface area is 164 Å². The van der Waals surface area contributed by atoms with E-state index >= 15 is 0 Å². The average molecular weight is 396 g/mol. The number of rotatable bonds is 5. The van der Waals surface area contributed by atoms with E-state index < -0.39 is 5.56 Å². The minimum absolute atomic E-state index is 0.0308. The highest BCUT2D eigenvalue weighted by atomic mass is 35.5. The van der Waals surface area contributed by atoms with Crippen molar-refractivity contribution in [2.45, 2.75) is 0 Å². The Bertz CT molecular complexity index is 1110. The van der Waals surface area contributed by atoms with E-state index in [9.17, 15) is 15.2 Å². The van der Waals surface area contributed by atoms with Gasteiger partial charge in [0.25, 0.3) is 5.56 Å². The number of ether oxygens (including phenoxy) is 1. The molecule has 2 aromatic carbocycles. The average Bonchev–Trinajstić information content (AvgIpc) is 2.70. The van der Waals surface area contributed by atoms with Crippen LogP contribution in [0, 0.1) is 11.3 Å². The Balaban J connectivity index is 1.92. The number of aromatic nitrogens is 2. The summed E-state index contributed by atoms with van der Waals surface area (Å²) in [7, 11) is 1.46. The van der Waals surface area contributed by atoms with Gasteiger partial charge >= 0.3 is 0 Å². The molecule has 3 aromatic rings. The molecule has 0 radical (unpaired) electrons. The number of anilines is 1. The molecule has 9 heteroatoms. The van der Waals surface area contributed by atoms with E-state index in [0.717, 1.165) is 0 Å². The van der Waals surface area contributed by atoms with E-state index in [1.54, 1.807) is 24.3 Å². The number of methoxy groups -OCH3 is 1. The first kappa shape index (κ1) is 18.9. The first-order chi connectivity index (χ1) is 13.5. The summed E-state index contributed by atoms with van der Waals surface area (Å²) in [6.07, 6.45) is 1.28. The largest absolute Gasteiger partial charge is 0.507 e. The van der Waals surface area contributed by atoms with Crippen LogP contribution in [0.15, 0.2) is 52.4 Å². The Hall–Kier alpha value is -3.83. The van der Waals surface area contributed by atoms with E-state index in [-0.39, 0.29) is 33.5 Å². The fourth-order valence-electron chi connectivity index (χ4n) is 2.42. The van der Waals surface area contributed by atoms with Crippen LogP contribution in [0.25, 0.3) is 11.3 Å². The van der Waals surface area contributed by atoms with Gasteiger partial charge in [0.2, 0.25) is 5.95 Å². The SMILES string of the molecule is COc1cc(O)c(C=NNc2nc(-c3ccccc3)c(C#N)c(=O)[nH]2)c(Cl)c1. The molecule has 3 N–H and O–H groups in total. The van der Waals surface area contributed by atoms with Gasteiger partial charge in [0.05, 0.1) is 29.6 Å². The van der Waals surface area contributed by atoms with Crippen LogP contribution in [0.5, 0.6) is 11.5 Å². The number of hydrogen-bond donors (Lipinski definition) is 3. The van der Waals surface area contributed by atoms with E-state index in [1.807, 2.05) is 12.1 Å². The highest BCUT2D eigenvalue weighted by Gasteiger charge is 2.13. The summed E-state index contributed by atoms with van der Waals surface area (Å²) in [6, 6.07) is 13.6. The number of halogens is 1. The fraction of sp³-hybridized carbons (Fsp3) is 0.0526. The summed E-state index contributed by atoms with van der Waals surface area (Å²) >= 11 is 6.10. The summed E-state index contributed by atoms with van der Waals surface area (Å²) in [6.45, 7) is 0. The van der Waals surface area contributed by atoms with Crippen molar-refractivity contribution in [3.05, 3.63) is 69.0 Å². The number of aromatic hydroxyl groups is 1. The predicted molar refractivity (Wildman–Crippen MR) is 106 cm³/mol. The second-order valence-electron chi connectivity index (χ2n) is 5.53. The van der Waals surface area contributed by atoms with Crippen LogP contribution in [-0.2, 0) is 0 Å². The predicted octanol–water partition coefficient (Wildman–Crippen LogP) is 3.12. The zero-order chi connectivity index (χ0) is 20.1. The number of nitriles is 1. The number of nitrogens with one attached hydrogen (secondary N) is 2. The van der Waals surface area contributed by atoms with Crippen LogP contribution in [0.1, 0.15) is 11.1 Å². The van der Waals surface area contributed by atoms with Gasteiger partial charge in [0.15, 0.2) is 0 Å². The molecule has 0 unspecified atom stereocenters. The first-order valence-corrected chi connectivity index (χ1v) is 8.36. The summed E-state index contributed by atoms with van der Waals surface area (Å²) in [5.41, 5.74) is 2.98. The molecule has 0 aliphatic rings.